The molecule has 2 aromatic carbocycles. The number of halogens is 1. The minimum Gasteiger partial charge on any atom is -0.483 e. The second-order valence-electron chi connectivity index (χ2n) is 5.36. The normalized spacial score (nSPS) is 12.2. The summed E-state index contributed by atoms with van der Waals surface area (Å²) in [6.45, 7) is 6.00. The van der Waals surface area contributed by atoms with Gasteiger partial charge in [0.15, 0.2) is 6.10 Å². The molecule has 0 aliphatic carbocycles. The van der Waals surface area contributed by atoms with Gasteiger partial charge in [-0.2, -0.15) is 0 Å². The van der Waals surface area contributed by atoms with E-state index >= 15 is 0 Å². The van der Waals surface area contributed by atoms with Crippen LogP contribution in [0.25, 0.3) is 0 Å². The van der Waals surface area contributed by atoms with Gasteiger partial charge >= 0.3 is 0 Å². The van der Waals surface area contributed by atoms with Crippen molar-refractivity contribution in [3.05, 3.63) is 64.7 Å². The molecule has 1 atom stereocenters. The molecule has 0 aliphatic heterocycles. The topological polar surface area (TPSA) is 26.3 Å². The van der Waals surface area contributed by atoms with E-state index in [9.17, 15) is 4.79 Å². The van der Waals surface area contributed by atoms with Crippen LogP contribution in [0, 0.1) is 0 Å². The molecule has 21 heavy (non-hydrogen) atoms. The molecule has 0 saturated heterocycles. The number of carbonyl (C=O) groups excluding carboxylic acids is 1. The second-order valence-corrected chi connectivity index (χ2v) is 5.79. The predicted octanol–water partition coefficient (Wildman–Crippen LogP) is 5.11. The summed E-state index contributed by atoms with van der Waals surface area (Å²) in [5, 5.41) is 0.591. The largest absolute Gasteiger partial charge is 0.483 e. The van der Waals surface area contributed by atoms with Gasteiger partial charge in [-0.1, -0.05) is 55.8 Å². The third-order valence-corrected chi connectivity index (χ3v) is 3.58. The highest BCUT2D eigenvalue weighted by Crippen LogP contribution is 2.20. The summed E-state index contributed by atoms with van der Waals surface area (Å²) >= 11 is 5.91. The highest BCUT2D eigenvalue weighted by molar-refractivity contribution is 6.30. The zero-order valence-corrected chi connectivity index (χ0v) is 13.2. The molecular formula is C18H19ClO2. The minimum atomic E-state index is -0.548. The van der Waals surface area contributed by atoms with Gasteiger partial charge in [0.2, 0.25) is 5.78 Å². The molecule has 0 heterocycles. The van der Waals surface area contributed by atoms with Crippen LogP contribution in [0.3, 0.4) is 0 Å². The first-order valence-electron chi connectivity index (χ1n) is 7.04. The van der Waals surface area contributed by atoms with E-state index in [0.29, 0.717) is 22.3 Å². The standard InChI is InChI=1S/C18H19ClO2/c1-12(2)14-7-9-15(10-8-14)18(20)13(3)21-17-6-4-5-16(19)11-17/h4-13H,1-3H3. The van der Waals surface area contributed by atoms with Gasteiger partial charge in [-0.3, -0.25) is 4.79 Å². The third-order valence-electron chi connectivity index (χ3n) is 3.34. The maximum absolute atomic E-state index is 12.4. The van der Waals surface area contributed by atoms with Crippen molar-refractivity contribution in [2.24, 2.45) is 0 Å². The summed E-state index contributed by atoms with van der Waals surface area (Å²) < 4.78 is 5.66. The van der Waals surface area contributed by atoms with Crippen LogP contribution in [0.15, 0.2) is 48.5 Å². The molecule has 0 radical (unpaired) electrons. The molecule has 3 heteroatoms. The van der Waals surface area contributed by atoms with E-state index in [1.54, 1.807) is 31.2 Å². The lowest BCUT2D eigenvalue weighted by atomic mass is 9.99. The summed E-state index contributed by atoms with van der Waals surface area (Å²) in [7, 11) is 0. The molecule has 110 valence electrons. The summed E-state index contributed by atoms with van der Waals surface area (Å²) in [6.07, 6.45) is -0.548. The lowest BCUT2D eigenvalue weighted by Gasteiger charge is -2.14. The number of rotatable bonds is 5. The van der Waals surface area contributed by atoms with E-state index in [1.807, 2.05) is 24.3 Å². The predicted molar refractivity (Wildman–Crippen MR) is 86.4 cm³/mol. The number of carbonyl (C=O) groups is 1. The van der Waals surface area contributed by atoms with Gasteiger partial charge in [-0.15, -0.1) is 0 Å². The van der Waals surface area contributed by atoms with Crippen LogP contribution in [-0.2, 0) is 0 Å². The Kier molecular flexibility index (Phi) is 5.03. The Balaban J connectivity index is 2.08. The molecule has 0 spiro atoms. The number of benzene rings is 2. The van der Waals surface area contributed by atoms with Crippen LogP contribution in [0.2, 0.25) is 5.02 Å². The number of hydrogen-bond donors (Lipinski definition) is 0. The Bertz CT molecular complexity index is 617. The molecule has 0 N–H and O–H groups in total. The lowest BCUT2D eigenvalue weighted by molar-refractivity contribution is 0.0818. The van der Waals surface area contributed by atoms with Crippen molar-refractivity contribution in [2.75, 3.05) is 0 Å². The number of hydrogen-bond acceptors (Lipinski definition) is 2. The Hall–Kier alpha value is -1.80. The summed E-state index contributed by atoms with van der Waals surface area (Å²) in [6, 6.07) is 14.8. The van der Waals surface area contributed by atoms with Crippen molar-refractivity contribution in [3.63, 3.8) is 0 Å². The van der Waals surface area contributed by atoms with E-state index in [-0.39, 0.29) is 5.78 Å². The first-order valence-corrected chi connectivity index (χ1v) is 7.41. The van der Waals surface area contributed by atoms with E-state index in [0.717, 1.165) is 0 Å². The maximum Gasteiger partial charge on any atom is 0.202 e. The van der Waals surface area contributed by atoms with Gasteiger partial charge in [-0.25, -0.2) is 0 Å². The van der Waals surface area contributed by atoms with Gasteiger partial charge in [0, 0.05) is 10.6 Å². The molecule has 1 unspecified atom stereocenters. The van der Waals surface area contributed by atoms with Gasteiger partial charge in [0.05, 0.1) is 0 Å². The molecule has 2 rings (SSSR count). The van der Waals surface area contributed by atoms with E-state index < -0.39 is 6.10 Å². The van der Waals surface area contributed by atoms with Crippen molar-refractivity contribution in [1.29, 1.82) is 0 Å². The maximum atomic E-state index is 12.4. The van der Waals surface area contributed by atoms with E-state index in [2.05, 4.69) is 13.8 Å². The summed E-state index contributed by atoms with van der Waals surface area (Å²) in [5.74, 6) is 1.02. The van der Waals surface area contributed by atoms with Crippen molar-refractivity contribution < 1.29 is 9.53 Å². The Labute approximate surface area is 130 Å². The first kappa shape index (κ1) is 15.6. The third kappa shape index (κ3) is 4.08. The van der Waals surface area contributed by atoms with Gasteiger partial charge in [0.1, 0.15) is 5.75 Å². The van der Waals surface area contributed by atoms with Crippen molar-refractivity contribution >= 4 is 17.4 Å². The lowest BCUT2D eigenvalue weighted by Crippen LogP contribution is -2.23. The second kappa shape index (κ2) is 6.77. The molecule has 2 aromatic rings. The van der Waals surface area contributed by atoms with Crippen LogP contribution >= 0.6 is 11.6 Å². The average molecular weight is 303 g/mol. The molecule has 2 nitrogen and oxygen atoms in total. The van der Waals surface area contributed by atoms with Crippen LogP contribution in [-0.4, -0.2) is 11.9 Å². The van der Waals surface area contributed by atoms with Crippen LogP contribution < -0.4 is 4.74 Å². The Morgan fingerprint density at radius 1 is 1.05 bits per heavy atom. The highest BCUT2D eigenvalue weighted by Gasteiger charge is 2.17. The quantitative estimate of drug-likeness (QED) is 0.717. The number of ether oxygens (including phenoxy) is 1. The average Bonchev–Trinajstić information content (AvgIpc) is 2.46. The number of ketones is 1. The van der Waals surface area contributed by atoms with Crippen molar-refractivity contribution in [3.8, 4) is 5.75 Å². The highest BCUT2D eigenvalue weighted by atomic mass is 35.5. The minimum absolute atomic E-state index is 0.0368. The van der Waals surface area contributed by atoms with E-state index in [4.69, 9.17) is 16.3 Å². The molecule has 0 aliphatic rings. The summed E-state index contributed by atoms with van der Waals surface area (Å²) in [5.41, 5.74) is 1.88. The first-order chi connectivity index (χ1) is 9.97. The molecule has 0 fully saturated rings. The zero-order valence-electron chi connectivity index (χ0n) is 12.5. The van der Waals surface area contributed by atoms with Crippen molar-refractivity contribution in [1.82, 2.24) is 0 Å². The molecule has 0 aromatic heterocycles. The molecule has 0 saturated carbocycles. The Morgan fingerprint density at radius 3 is 2.29 bits per heavy atom. The van der Waals surface area contributed by atoms with Gasteiger partial charge < -0.3 is 4.74 Å². The fourth-order valence-corrected chi connectivity index (χ4v) is 2.25. The molecule has 0 amide bonds. The monoisotopic (exact) mass is 302 g/mol. The Morgan fingerprint density at radius 2 is 1.71 bits per heavy atom. The number of Topliss-reactive ketones (excluding diaryl/α,β-unsaturated/α-hetero) is 1. The summed E-state index contributed by atoms with van der Waals surface area (Å²) in [4.78, 5) is 12.4. The van der Waals surface area contributed by atoms with Crippen LogP contribution in [0.1, 0.15) is 42.6 Å². The van der Waals surface area contributed by atoms with Gasteiger partial charge in [0.25, 0.3) is 0 Å². The van der Waals surface area contributed by atoms with Gasteiger partial charge in [-0.05, 0) is 36.6 Å². The van der Waals surface area contributed by atoms with Crippen molar-refractivity contribution in [2.45, 2.75) is 32.8 Å². The SMILES string of the molecule is CC(Oc1cccc(Cl)c1)C(=O)c1ccc(C(C)C)cc1. The molecule has 0 bridgehead atoms. The van der Waals surface area contributed by atoms with E-state index in [1.165, 1.54) is 5.56 Å². The van der Waals surface area contributed by atoms with Crippen LogP contribution in [0.4, 0.5) is 0 Å². The fraction of sp³-hybridized carbons (Fsp3) is 0.278. The molecular weight excluding hydrogens is 284 g/mol. The fourth-order valence-electron chi connectivity index (χ4n) is 2.06. The zero-order chi connectivity index (χ0) is 15.4. The smallest absolute Gasteiger partial charge is 0.202 e. The van der Waals surface area contributed by atoms with Crippen LogP contribution in [0.5, 0.6) is 5.75 Å².